The van der Waals surface area contributed by atoms with Gasteiger partial charge in [0.1, 0.15) is 0 Å². The van der Waals surface area contributed by atoms with E-state index in [0.717, 1.165) is 6.07 Å². The molecule has 1 rings (SSSR count). The Labute approximate surface area is 117 Å². The van der Waals surface area contributed by atoms with Gasteiger partial charge in [0, 0.05) is 18.2 Å². The molecule has 0 aliphatic heterocycles. The van der Waals surface area contributed by atoms with E-state index in [2.05, 4.69) is 5.32 Å². The molecule has 0 aliphatic carbocycles. The van der Waals surface area contributed by atoms with Crippen molar-refractivity contribution in [3.63, 3.8) is 0 Å². The first-order valence-electron chi connectivity index (χ1n) is 6.43. The van der Waals surface area contributed by atoms with Gasteiger partial charge in [-0.25, -0.2) is 4.39 Å². The topological polar surface area (TPSA) is 90.4 Å². The molecule has 1 aromatic rings. The highest BCUT2D eigenvalue weighted by molar-refractivity contribution is 5.60. The highest BCUT2D eigenvalue weighted by Gasteiger charge is 2.27. The Balaban J connectivity index is 3.23. The summed E-state index contributed by atoms with van der Waals surface area (Å²) in [6.07, 6.45) is 1.41. The number of nitrogens with two attached hydrogens (primary N) is 1. The van der Waals surface area contributed by atoms with E-state index in [1.54, 1.807) is 0 Å². The van der Waals surface area contributed by atoms with Crippen molar-refractivity contribution in [2.24, 2.45) is 5.73 Å². The molecule has 6 nitrogen and oxygen atoms in total. The molecule has 0 heterocycles. The molecule has 1 aromatic carbocycles. The number of ether oxygens (including phenoxy) is 1. The minimum atomic E-state index is -0.697. The van der Waals surface area contributed by atoms with Gasteiger partial charge in [-0.3, -0.25) is 10.1 Å². The summed E-state index contributed by atoms with van der Waals surface area (Å²) in [5, 5.41) is 13.9. The van der Waals surface area contributed by atoms with E-state index in [1.807, 2.05) is 13.8 Å². The van der Waals surface area contributed by atoms with Crippen molar-refractivity contribution < 1.29 is 14.1 Å². The van der Waals surface area contributed by atoms with Crippen molar-refractivity contribution in [2.75, 3.05) is 19.0 Å². The summed E-state index contributed by atoms with van der Waals surface area (Å²) in [5.41, 5.74) is 5.06. The lowest BCUT2D eigenvalue weighted by molar-refractivity contribution is -0.385. The van der Waals surface area contributed by atoms with E-state index in [1.165, 1.54) is 13.2 Å². The highest BCUT2D eigenvalue weighted by Crippen LogP contribution is 2.34. The molecule has 3 N–H and O–H groups in total. The molecular formula is C13H20FN3O3. The Hall–Kier alpha value is -1.89. The molecule has 0 aromatic heterocycles. The van der Waals surface area contributed by atoms with Crippen LogP contribution in [-0.4, -0.2) is 24.1 Å². The lowest BCUT2D eigenvalue weighted by Gasteiger charge is -2.32. The standard InChI is InChI=1S/C13H20FN3O3/c1-4-13(5-2,8-15)16-10-7-12(20-3)11(17(18)19)6-9(10)14/h6-7,16H,4-5,8,15H2,1-3H3. The Morgan fingerprint density at radius 1 is 1.45 bits per heavy atom. The molecule has 0 fully saturated rings. The van der Waals surface area contributed by atoms with Gasteiger partial charge >= 0.3 is 5.69 Å². The second-order valence-corrected chi connectivity index (χ2v) is 4.58. The Bertz CT molecular complexity index is 482. The van der Waals surface area contributed by atoms with Crippen LogP contribution >= 0.6 is 0 Å². The molecule has 112 valence electrons. The van der Waals surface area contributed by atoms with Gasteiger partial charge in [-0.15, -0.1) is 0 Å². The minimum Gasteiger partial charge on any atom is -0.490 e. The summed E-state index contributed by atoms with van der Waals surface area (Å²) in [6, 6.07) is 2.15. The number of benzene rings is 1. The van der Waals surface area contributed by atoms with Gasteiger partial charge < -0.3 is 15.8 Å². The number of nitrogens with one attached hydrogen (secondary N) is 1. The van der Waals surface area contributed by atoms with Gasteiger partial charge in [-0.2, -0.15) is 0 Å². The van der Waals surface area contributed by atoms with E-state index in [4.69, 9.17) is 10.5 Å². The van der Waals surface area contributed by atoms with Crippen LogP contribution in [0.3, 0.4) is 0 Å². The van der Waals surface area contributed by atoms with Crippen molar-refractivity contribution >= 4 is 11.4 Å². The van der Waals surface area contributed by atoms with Crippen LogP contribution in [0.4, 0.5) is 15.8 Å². The fourth-order valence-electron chi connectivity index (χ4n) is 2.00. The minimum absolute atomic E-state index is 0.0111. The SMILES string of the molecule is CCC(CC)(CN)Nc1cc(OC)c([N+](=O)[O-])cc1F. The molecule has 0 unspecified atom stereocenters. The summed E-state index contributed by atoms with van der Waals surface area (Å²) in [4.78, 5) is 10.1. The van der Waals surface area contributed by atoms with Crippen molar-refractivity contribution in [3.05, 3.63) is 28.1 Å². The average Bonchev–Trinajstić information content (AvgIpc) is 2.46. The predicted octanol–water partition coefficient (Wildman–Crippen LogP) is 2.67. The zero-order valence-corrected chi connectivity index (χ0v) is 11.9. The maximum absolute atomic E-state index is 14.0. The van der Waals surface area contributed by atoms with Gasteiger partial charge in [0.05, 0.1) is 23.8 Å². The number of nitro groups is 1. The zero-order chi connectivity index (χ0) is 15.3. The summed E-state index contributed by atoms with van der Waals surface area (Å²) >= 11 is 0. The maximum atomic E-state index is 14.0. The number of anilines is 1. The lowest BCUT2D eigenvalue weighted by Crippen LogP contribution is -2.44. The normalized spacial score (nSPS) is 11.2. The second-order valence-electron chi connectivity index (χ2n) is 4.58. The van der Waals surface area contributed by atoms with Crippen molar-refractivity contribution in [1.29, 1.82) is 0 Å². The number of hydrogen-bond acceptors (Lipinski definition) is 5. The molecule has 0 spiro atoms. The number of methoxy groups -OCH3 is 1. The molecule has 0 saturated heterocycles. The third kappa shape index (κ3) is 3.16. The van der Waals surface area contributed by atoms with Crippen LogP contribution in [0.5, 0.6) is 5.75 Å². The second kappa shape index (κ2) is 6.51. The van der Waals surface area contributed by atoms with E-state index in [0.29, 0.717) is 19.4 Å². The summed E-state index contributed by atoms with van der Waals surface area (Å²) in [5.74, 6) is -0.686. The molecule has 0 radical (unpaired) electrons. The summed E-state index contributed by atoms with van der Waals surface area (Å²) in [7, 11) is 1.31. The summed E-state index contributed by atoms with van der Waals surface area (Å²) < 4.78 is 18.9. The first-order chi connectivity index (χ1) is 9.42. The van der Waals surface area contributed by atoms with E-state index in [9.17, 15) is 14.5 Å². The fraction of sp³-hybridized carbons (Fsp3) is 0.538. The third-order valence-corrected chi connectivity index (χ3v) is 3.61. The van der Waals surface area contributed by atoms with Gasteiger partial charge in [0.2, 0.25) is 0 Å². The molecule has 0 atom stereocenters. The van der Waals surface area contributed by atoms with E-state index < -0.39 is 22.0 Å². The first-order valence-corrected chi connectivity index (χ1v) is 6.43. The Morgan fingerprint density at radius 3 is 2.45 bits per heavy atom. The van der Waals surface area contributed by atoms with E-state index >= 15 is 0 Å². The fourth-order valence-corrected chi connectivity index (χ4v) is 2.00. The maximum Gasteiger partial charge on any atom is 0.313 e. The molecule has 0 bridgehead atoms. The van der Waals surface area contributed by atoms with Crippen molar-refractivity contribution in [3.8, 4) is 5.75 Å². The van der Waals surface area contributed by atoms with E-state index in [-0.39, 0.29) is 11.4 Å². The van der Waals surface area contributed by atoms with Crippen molar-refractivity contribution in [1.82, 2.24) is 0 Å². The van der Waals surface area contributed by atoms with Crippen molar-refractivity contribution in [2.45, 2.75) is 32.2 Å². The van der Waals surface area contributed by atoms with Gasteiger partial charge in [0.25, 0.3) is 0 Å². The largest absolute Gasteiger partial charge is 0.490 e. The quantitative estimate of drug-likeness (QED) is 0.593. The summed E-state index contributed by atoms with van der Waals surface area (Å²) in [6.45, 7) is 4.23. The van der Waals surface area contributed by atoms with Crippen LogP contribution in [0.15, 0.2) is 12.1 Å². The number of hydrogen-bond donors (Lipinski definition) is 2. The zero-order valence-electron chi connectivity index (χ0n) is 11.9. The Morgan fingerprint density at radius 2 is 2.05 bits per heavy atom. The van der Waals surface area contributed by atoms with Crippen LogP contribution in [0.25, 0.3) is 0 Å². The number of halogens is 1. The molecule has 20 heavy (non-hydrogen) atoms. The molecule has 7 heteroatoms. The molecule has 0 aliphatic rings. The van der Waals surface area contributed by atoms with Crippen LogP contribution < -0.4 is 15.8 Å². The number of rotatable bonds is 7. The van der Waals surface area contributed by atoms with Gasteiger partial charge in [-0.1, -0.05) is 13.8 Å². The smallest absolute Gasteiger partial charge is 0.313 e. The molecule has 0 saturated carbocycles. The third-order valence-electron chi connectivity index (χ3n) is 3.61. The van der Waals surface area contributed by atoms with Gasteiger partial charge in [-0.05, 0) is 12.8 Å². The average molecular weight is 285 g/mol. The Kier molecular flexibility index (Phi) is 5.26. The number of nitro benzene ring substituents is 1. The first kappa shape index (κ1) is 16.2. The van der Waals surface area contributed by atoms with Crippen LogP contribution in [-0.2, 0) is 0 Å². The molecular weight excluding hydrogens is 265 g/mol. The monoisotopic (exact) mass is 285 g/mol. The molecule has 0 amide bonds. The highest BCUT2D eigenvalue weighted by atomic mass is 19.1. The van der Waals surface area contributed by atoms with Crippen LogP contribution in [0, 0.1) is 15.9 Å². The predicted molar refractivity (Wildman–Crippen MR) is 75.6 cm³/mol. The lowest BCUT2D eigenvalue weighted by atomic mass is 9.92. The van der Waals surface area contributed by atoms with Crippen LogP contribution in [0.2, 0.25) is 0 Å². The van der Waals surface area contributed by atoms with Gasteiger partial charge in [0.15, 0.2) is 11.6 Å². The van der Waals surface area contributed by atoms with Crippen LogP contribution in [0.1, 0.15) is 26.7 Å². The number of nitrogens with zero attached hydrogens (tertiary/aromatic N) is 1.